The molecule has 164 valence electrons. The average Bonchev–Trinajstić information content (AvgIpc) is 2.80. The van der Waals surface area contributed by atoms with Gasteiger partial charge in [-0.15, -0.1) is 0 Å². The number of carbonyl (C=O) groups is 2. The van der Waals surface area contributed by atoms with Gasteiger partial charge in [0.15, 0.2) is 0 Å². The summed E-state index contributed by atoms with van der Waals surface area (Å²) in [5, 5.41) is 3.25. The fourth-order valence-electron chi connectivity index (χ4n) is 3.74. The van der Waals surface area contributed by atoms with Crippen LogP contribution in [-0.4, -0.2) is 52.9 Å². The number of nitrogens with zero attached hydrogens (tertiary/aromatic N) is 4. The summed E-state index contributed by atoms with van der Waals surface area (Å²) in [5.41, 5.74) is 9.86. The van der Waals surface area contributed by atoms with Crippen molar-refractivity contribution in [3.8, 4) is 11.3 Å². The van der Waals surface area contributed by atoms with Gasteiger partial charge in [-0.25, -0.2) is 9.97 Å². The molecule has 4 rings (SSSR count). The summed E-state index contributed by atoms with van der Waals surface area (Å²) in [7, 11) is 0. The van der Waals surface area contributed by atoms with Crippen molar-refractivity contribution in [2.75, 3.05) is 36.4 Å². The quantitative estimate of drug-likeness (QED) is 0.623. The van der Waals surface area contributed by atoms with Crippen molar-refractivity contribution < 1.29 is 9.59 Å². The van der Waals surface area contributed by atoms with Gasteiger partial charge in [0, 0.05) is 56.2 Å². The minimum Gasteiger partial charge on any atom is -0.369 e. The van der Waals surface area contributed by atoms with Crippen LogP contribution in [-0.2, 0) is 16.0 Å². The summed E-state index contributed by atoms with van der Waals surface area (Å²) >= 11 is 0. The number of hydrogen-bond donors (Lipinski definition) is 2. The second-order valence-corrected chi connectivity index (χ2v) is 7.77. The zero-order valence-electron chi connectivity index (χ0n) is 18.0. The highest BCUT2D eigenvalue weighted by molar-refractivity contribution is 5.77. The van der Waals surface area contributed by atoms with E-state index in [1.54, 1.807) is 13.1 Å². The maximum absolute atomic E-state index is 11.5. The van der Waals surface area contributed by atoms with Gasteiger partial charge in [-0.2, -0.15) is 0 Å². The summed E-state index contributed by atoms with van der Waals surface area (Å²) in [6.45, 7) is 4.77. The number of rotatable bonds is 6. The fraction of sp³-hybridized carbons (Fsp3) is 0.250. The van der Waals surface area contributed by atoms with Crippen LogP contribution < -0.4 is 16.0 Å². The molecule has 32 heavy (non-hydrogen) atoms. The molecule has 1 aliphatic rings. The van der Waals surface area contributed by atoms with Crippen LogP contribution in [0.3, 0.4) is 0 Å². The number of hydrogen-bond acceptors (Lipinski definition) is 6. The summed E-state index contributed by atoms with van der Waals surface area (Å²) in [5.74, 6) is 0.287. The first-order chi connectivity index (χ1) is 15.5. The molecular weight excluding hydrogens is 404 g/mol. The standard InChI is InChI=1S/C24H26N6O2/c1-17(31)29-12-14-30(15-13-29)21-8-6-20(7-9-21)27-24-26-11-10-22(28-24)19-4-2-18(3-5-19)16-23(25)32/h2-11H,12-16H2,1H3,(H2,25,32)(H,26,27,28). The van der Waals surface area contributed by atoms with Crippen molar-refractivity contribution in [3.63, 3.8) is 0 Å². The van der Waals surface area contributed by atoms with Crippen molar-refractivity contribution >= 4 is 29.1 Å². The lowest BCUT2D eigenvalue weighted by Gasteiger charge is -2.35. The molecule has 0 bridgehead atoms. The van der Waals surface area contributed by atoms with E-state index in [-0.39, 0.29) is 18.2 Å². The van der Waals surface area contributed by atoms with Gasteiger partial charge in [-0.05, 0) is 35.9 Å². The van der Waals surface area contributed by atoms with E-state index in [2.05, 4.69) is 32.3 Å². The van der Waals surface area contributed by atoms with E-state index >= 15 is 0 Å². The Balaban J connectivity index is 1.40. The summed E-state index contributed by atoms with van der Waals surface area (Å²) < 4.78 is 0. The van der Waals surface area contributed by atoms with Crippen molar-refractivity contribution in [3.05, 3.63) is 66.4 Å². The first kappa shape index (κ1) is 21.3. The minimum absolute atomic E-state index is 0.132. The fourth-order valence-corrected chi connectivity index (χ4v) is 3.74. The Hall–Kier alpha value is -3.94. The molecule has 2 aromatic carbocycles. The molecule has 2 heterocycles. The smallest absolute Gasteiger partial charge is 0.227 e. The summed E-state index contributed by atoms with van der Waals surface area (Å²) in [6.07, 6.45) is 1.93. The van der Waals surface area contributed by atoms with E-state index in [0.717, 1.165) is 54.4 Å². The van der Waals surface area contributed by atoms with E-state index in [1.165, 1.54) is 0 Å². The average molecular weight is 431 g/mol. The lowest BCUT2D eigenvalue weighted by Crippen LogP contribution is -2.48. The van der Waals surface area contributed by atoms with Gasteiger partial charge in [0.2, 0.25) is 17.8 Å². The van der Waals surface area contributed by atoms with Crippen molar-refractivity contribution in [1.82, 2.24) is 14.9 Å². The van der Waals surface area contributed by atoms with Crippen molar-refractivity contribution in [1.29, 1.82) is 0 Å². The molecule has 1 fully saturated rings. The normalized spacial score (nSPS) is 13.7. The van der Waals surface area contributed by atoms with E-state index in [4.69, 9.17) is 5.73 Å². The molecule has 0 unspecified atom stereocenters. The van der Waals surface area contributed by atoms with Gasteiger partial charge in [0.1, 0.15) is 0 Å². The third-order valence-electron chi connectivity index (χ3n) is 5.50. The third kappa shape index (κ3) is 5.21. The largest absolute Gasteiger partial charge is 0.369 e. The lowest BCUT2D eigenvalue weighted by molar-refractivity contribution is -0.129. The molecule has 0 radical (unpaired) electrons. The number of amides is 2. The molecule has 0 atom stereocenters. The Morgan fingerprint density at radius 3 is 2.28 bits per heavy atom. The zero-order valence-corrected chi connectivity index (χ0v) is 18.0. The molecule has 0 saturated carbocycles. The second-order valence-electron chi connectivity index (χ2n) is 7.77. The number of aromatic nitrogens is 2. The van der Waals surface area contributed by atoms with Gasteiger partial charge in [-0.1, -0.05) is 24.3 Å². The van der Waals surface area contributed by atoms with Gasteiger partial charge in [0.05, 0.1) is 12.1 Å². The molecule has 8 heteroatoms. The third-order valence-corrected chi connectivity index (χ3v) is 5.50. The first-order valence-electron chi connectivity index (χ1n) is 10.6. The van der Waals surface area contributed by atoms with E-state index in [0.29, 0.717) is 5.95 Å². The predicted molar refractivity (Wildman–Crippen MR) is 125 cm³/mol. The highest BCUT2D eigenvalue weighted by atomic mass is 16.2. The molecule has 1 saturated heterocycles. The Bertz CT molecular complexity index is 1090. The minimum atomic E-state index is -0.351. The highest BCUT2D eigenvalue weighted by Gasteiger charge is 2.18. The maximum Gasteiger partial charge on any atom is 0.227 e. The van der Waals surface area contributed by atoms with Crippen LogP contribution in [0, 0.1) is 0 Å². The Kier molecular flexibility index (Phi) is 6.30. The molecule has 1 aromatic heterocycles. The number of carbonyl (C=O) groups excluding carboxylic acids is 2. The second kappa shape index (κ2) is 9.47. The Morgan fingerprint density at radius 2 is 1.66 bits per heavy atom. The maximum atomic E-state index is 11.5. The van der Waals surface area contributed by atoms with Crippen molar-refractivity contribution in [2.45, 2.75) is 13.3 Å². The molecule has 1 aliphatic heterocycles. The van der Waals surface area contributed by atoms with Crippen LogP contribution in [0.5, 0.6) is 0 Å². The molecule has 8 nitrogen and oxygen atoms in total. The number of anilines is 3. The number of piperazine rings is 1. The molecule has 3 N–H and O–H groups in total. The van der Waals surface area contributed by atoms with Gasteiger partial charge in [0.25, 0.3) is 0 Å². The van der Waals surface area contributed by atoms with Crippen LogP contribution in [0.1, 0.15) is 12.5 Å². The predicted octanol–water partition coefficient (Wildman–Crippen LogP) is 2.58. The molecule has 2 amide bonds. The van der Waals surface area contributed by atoms with E-state index in [1.807, 2.05) is 47.4 Å². The Morgan fingerprint density at radius 1 is 0.969 bits per heavy atom. The number of benzene rings is 2. The van der Waals surface area contributed by atoms with Gasteiger partial charge in [-0.3, -0.25) is 9.59 Å². The number of primary amides is 1. The molecule has 3 aromatic rings. The highest BCUT2D eigenvalue weighted by Crippen LogP contribution is 2.23. The van der Waals surface area contributed by atoms with Gasteiger partial charge >= 0.3 is 0 Å². The number of nitrogens with two attached hydrogens (primary N) is 1. The first-order valence-corrected chi connectivity index (χ1v) is 10.6. The topological polar surface area (TPSA) is 104 Å². The van der Waals surface area contributed by atoms with Crippen LogP contribution in [0.4, 0.5) is 17.3 Å². The molecule has 0 aliphatic carbocycles. The number of nitrogens with one attached hydrogen (secondary N) is 1. The monoisotopic (exact) mass is 430 g/mol. The summed E-state index contributed by atoms with van der Waals surface area (Å²) in [6, 6.07) is 17.6. The molecule has 0 spiro atoms. The SMILES string of the molecule is CC(=O)N1CCN(c2ccc(Nc3nccc(-c4ccc(CC(N)=O)cc4)n3)cc2)CC1. The van der Waals surface area contributed by atoms with E-state index in [9.17, 15) is 9.59 Å². The van der Waals surface area contributed by atoms with Crippen LogP contribution in [0.25, 0.3) is 11.3 Å². The Labute approximate surface area is 187 Å². The van der Waals surface area contributed by atoms with Crippen LogP contribution >= 0.6 is 0 Å². The molecular formula is C24H26N6O2. The van der Waals surface area contributed by atoms with Crippen LogP contribution in [0.15, 0.2) is 60.8 Å². The lowest BCUT2D eigenvalue weighted by atomic mass is 10.1. The summed E-state index contributed by atoms with van der Waals surface area (Å²) in [4.78, 5) is 35.6. The van der Waals surface area contributed by atoms with E-state index < -0.39 is 0 Å². The zero-order chi connectivity index (χ0) is 22.5. The van der Waals surface area contributed by atoms with Crippen molar-refractivity contribution in [2.24, 2.45) is 5.73 Å². The van der Waals surface area contributed by atoms with Crippen LogP contribution in [0.2, 0.25) is 0 Å². The van der Waals surface area contributed by atoms with Gasteiger partial charge < -0.3 is 20.9 Å².